The van der Waals surface area contributed by atoms with E-state index >= 15 is 0 Å². The van der Waals surface area contributed by atoms with Gasteiger partial charge >= 0.3 is 0 Å². The number of nitrogen functional groups attached to an aromatic ring is 1. The van der Waals surface area contributed by atoms with E-state index in [0.717, 1.165) is 25.1 Å². The number of hydrogen-bond donors (Lipinski definition) is 2. The fourth-order valence-electron chi connectivity index (χ4n) is 4.37. The molecule has 0 bridgehead atoms. The van der Waals surface area contributed by atoms with Gasteiger partial charge in [0.2, 0.25) is 5.95 Å². The summed E-state index contributed by atoms with van der Waals surface area (Å²) in [7, 11) is 1.46. The molecule has 3 atom stereocenters. The summed E-state index contributed by atoms with van der Waals surface area (Å²) in [6.07, 6.45) is 5.18. The number of fused-ring (bicyclic) bond motifs is 3. The number of hydrogen-bond acceptors (Lipinski definition) is 8. The molecule has 0 aliphatic carbocycles. The number of methoxy groups -OCH3 is 1. The molecule has 3 aromatic heterocycles. The van der Waals surface area contributed by atoms with Crippen molar-refractivity contribution >= 4 is 28.2 Å². The van der Waals surface area contributed by atoms with Crippen LogP contribution in [0.1, 0.15) is 44.5 Å². The zero-order valence-electron chi connectivity index (χ0n) is 18.8. The highest BCUT2D eigenvalue weighted by Gasteiger charge is 2.27. The lowest BCUT2D eigenvalue weighted by molar-refractivity contribution is 0.132. The van der Waals surface area contributed by atoms with Crippen molar-refractivity contribution in [3.8, 4) is 5.75 Å². The zero-order valence-corrected chi connectivity index (χ0v) is 18.8. The molecule has 1 unspecified atom stereocenters. The van der Waals surface area contributed by atoms with E-state index < -0.39 is 11.9 Å². The van der Waals surface area contributed by atoms with Crippen molar-refractivity contribution in [3.05, 3.63) is 36.2 Å². The molecule has 1 saturated heterocycles. The van der Waals surface area contributed by atoms with Gasteiger partial charge < -0.3 is 20.5 Å². The molecule has 1 aliphatic rings. The van der Waals surface area contributed by atoms with Crippen LogP contribution in [0.2, 0.25) is 0 Å². The minimum atomic E-state index is -0.494. The lowest BCUT2D eigenvalue weighted by Gasteiger charge is -2.32. The minimum Gasteiger partial charge on any atom is -0.494 e. The van der Waals surface area contributed by atoms with Crippen LogP contribution < -0.4 is 15.4 Å². The molecule has 0 spiro atoms. The first kappa shape index (κ1) is 21.4. The van der Waals surface area contributed by atoms with E-state index in [0.29, 0.717) is 34.7 Å². The van der Waals surface area contributed by atoms with Crippen molar-refractivity contribution in [1.29, 1.82) is 0 Å². The highest BCUT2D eigenvalue weighted by Crippen LogP contribution is 2.32. The molecular formula is C22H27FN8O2. The fourth-order valence-corrected chi connectivity index (χ4v) is 4.37. The molecular weight excluding hydrogens is 427 g/mol. The maximum absolute atomic E-state index is 14.2. The molecule has 5 rings (SSSR count). The highest BCUT2D eigenvalue weighted by atomic mass is 19.1. The number of anilines is 2. The highest BCUT2D eigenvalue weighted by molar-refractivity contribution is 5.95. The number of piperidine rings is 1. The van der Waals surface area contributed by atoms with E-state index in [1.807, 2.05) is 19.3 Å². The van der Waals surface area contributed by atoms with Crippen LogP contribution in [0.3, 0.4) is 0 Å². The van der Waals surface area contributed by atoms with Crippen molar-refractivity contribution in [2.45, 2.75) is 44.8 Å². The standard InChI is InChI=1S/C22H27FN8O2/c1-12(13(2)32)30-11-16(9-25-30)29-6-4-5-14(10-29)20-27-21-17-7-15(23)8-18(33-3)19(17)26-22(24)31(21)28-20/h7-9,11-14,32H,4-6,10H2,1-3H3,(H2,24,26)/t12-,13+,14?/m0/s1. The Morgan fingerprint density at radius 1 is 1.27 bits per heavy atom. The van der Waals surface area contributed by atoms with E-state index in [1.54, 1.807) is 11.6 Å². The lowest BCUT2D eigenvalue weighted by atomic mass is 9.97. The Balaban J connectivity index is 1.48. The summed E-state index contributed by atoms with van der Waals surface area (Å²) in [4.78, 5) is 11.4. The Labute approximate surface area is 189 Å². The summed E-state index contributed by atoms with van der Waals surface area (Å²) in [5.41, 5.74) is 8.06. The van der Waals surface area contributed by atoms with E-state index in [-0.39, 0.29) is 17.9 Å². The molecule has 174 valence electrons. The predicted octanol–water partition coefficient (Wildman–Crippen LogP) is 2.53. The van der Waals surface area contributed by atoms with Crippen LogP contribution in [0.15, 0.2) is 24.5 Å². The number of nitrogens with two attached hydrogens (primary N) is 1. The third-order valence-corrected chi connectivity index (χ3v) is 6.42. The second kappa shape index (κ2) is 8.14. The second-order valence-electron chi connectivity index (χ2n) is 8.62. The predicted molar refractivity (Wildman–Crippen MR) is 122 cm³/mol. The van der Waals surface area contributed by atoms with E-state index in [1.165, 1.54) is 23.8 Å². The monoisotopic (exact) mass is 454 g/mol. The summed E-state index contributed by atoms with van der Waals surface area (Å²) in [5.74, 6) is 0.748. The second-order valence-corrected chi connectivity index (χ2v) is 8.62. The van der Waals surface area contributed by atoms with Gasteiger partial charge in [-0.1, -0.05) is 0 Å². The van der Waals surface area contributed by atoms with Gasteiger partial charge in [0.05, 0.1) is 36.5 Å². The van der Waals surface area contributed by atoms with Gasteiger partial charge in [-0.2, -0.15) is 9.61 Å². The number of rotatable bonds is 5. The Morgan fingerprint density at radius 3 is 2.85 bits per heavy atom. The fraction of sp³-hybridized carbons (Fsp3) is 0.455. The number of aliphatic hydroxyl groups is 1. The first-order valence-electron chi connectivity index (χ1n) is 11.0. The minimum absolute atomic E-state index is 0.0705. The summed E-state index contributed by atoms with van der Waals surface area (Å²) in [5, 5.41) is 19.4. The molecule has 3 N–H and O–H groups in total. The molecule has 4 aromatic rings. The molecule has 0 saturated carbocycles. The molecule has 1 fully saturated rings. The van der Waals surface area contributed by atoms with Gasteiger partial charge in [0.1, 0.15) is 17.1 Å². The number of halogens is 1. The van der Waals surface area contributed by atoms with Gasteiger partial charge in [0.15, 0.2) is 11.5 Å². The van der Waals surface area contributed by atoms with Crippen LogP contribution in [-0.4, -0.2) is 60.8 Å². The Kier molecular flexibility index (Phi) is 5.28. The molecule has 1 aliphatic heterocycles. The van der Waals surface area contributed by atoms with Crippen LogP contribution in [0.25, 0.3) is 16.6 Å². The van der Waals surface area contributed by atoms with E-state index in [9.17, 15) is 9.50 Å². The molecule has 1 aromatic carbocycles. The zero-order chi connectivity index (χ0) is 23.3. The van der Waals surface area contributed by atoms with Crippen LogP contribution >= 0.6 is 0 Å². The molecule has 0 amide bonds. The third-order valence-electron chi connectivity index (χ3n) is 6.42. The van der Waals surface area contributed by atoms with E-state index in [2.05, 4.69) is 20.1 Å². The number of nitrogens with zero attached hydrogens (tertiary/aromatic N) is 7. The largest absolute Gasteiger partial charge is 0.494 e. The van der Waals surface area contributed by atoms with Gasteiger partial charge in [-0.05, 0) is 32.8 Å². The lowest BCUT2D eigenvalue weighted by Crippen LogP contribution is -2.34. The number of aromatic nitrogens is 6. The van der Waals surface area contributed by atoms with Gasteiger partial charge in [-0.25, -0.2) is 14.4 Å². The number of benzene rings is 1. The number of aliphatic hydroxyl groups excluding tert-OH is 1. The molecule has 10 nitrogen and oxygen atoms in total. The normalized spacial score (nSPS) is 18.7. The van der Waals surface area contributed by atoms with Crippen molar-refractivity contribution in [3.63, 3.8) is 0 Å². The maximum atomic E-state index is 14.2. The SMILES string of the molecule is COc1cc(F)cc2c1nc(N)n1nc(C3CCCN(c4cnn([C@@H](C)[C@@H](C)O)c4)C3)nc21. The molecule has 33 heavy (non-hydrogen) atoms. The topological polar surface area (TPSA) is 120 Å². The van der Waals surface area contributed by atoms with Gasteiger partial charge in [-0.15, -0.1) is 5.10 Å². The quantitative estimate of drug-likeness (QED) is 0.472. The molecule has 0 radical (unpaired) electrons. The van der Waals surface area contributed by atoms with Crippen molar-refractivity contribution in [2.24, 2.45) is 0 Å². The first-order chi connectivity index (χ1) is 15.9. The maximum Gasteiger partial charge on any atom is 0.223 e. The summed E-state index contributed by atoms with van der Waals surface area (Å²) < 4.78 is 22.7. The average molecular weight is 455 g/mol. The van der Waals surface area contributed by atoms with Crippen molar-refractivity contribution < 1.29 is 14.2 Å². The molecule has 11 heteroatoms. The number of ether oxygens (including phenoxy) is 1. The first-order valence-corrected chi connectivity index (χ1v) is 11.0. The summed E-state index contributed by atoms with van der Waals surface area (Å²) in [6, 6.07) is 2.55. The Morgan fingerprint density at radius 2 is 2.09 bits per heavy atom. The van der Waals surface area contributed by atoms with Crippen molar-refractivity contribution in [2.75, 3.05) is 30.8 Å². The van der Waals surface area contributed by atoms with Crippen LogP contribution in [0, 0.1) is 5.82 Å². The van der Waals surface area contributed by atoms with Crippen LogP contribution in [0.5, 0.6) is 5.75 Å². The van der Waals surface area contributed by atoms with Crippen LogP contribution in [0.4, 0.5) is 16.0 Å². The molecule has 4 heterocycles. The van der Waals surface area contributed by atoms with Gasteiger partial charge in [0, 0.05) is 31.3 Å². The third kappa shape index (κ3) is 3.71. The van der Waals surface area contributed by atoms with Gasteiger partial charge in [-0.3, -0.25) is 4.68 Å². The summed E-state index contributed by atoms with van der Waals surface area (Å²) in [6.45, 7) is 5.30. The Bertz CT molecular complexity index is 1320. The average Bonchev–Trinajstić information content (AvgIpc) is 3.47. The van der Waals surface area contributed by atoms with Crippen LogP contribution in [-0.2, 0) is 0 Å². The van der Waals surface area contributed by atoms with E-state index in [4.69, 9.17) is 15.5 Å². The Hall–Kier alpha value is -3.47. The summed E-state index contributed by atoms with van der Waals surface area (Å²) >= 11 is 0. The van der Waals surface area contributed by atoms with Gasteiger partial charge in [0.25, 0.3) is 0 Å². The smallest absolute Gasteiger partial charge is 0.223 e. The van der Waals surface area contributed by atoms with Crippen molar-refractivity contribution in [1.82, 2.24) is 29.4 Å².